The van der Waals surface area contributed by atoms with Crippen molar-refractivity contribution in [1.82, 2.24) is 5.32 Å². The third-order valence-corrected chi connectivity index (χ3v) is 2.61. The monoisotopic (exact) mass is 285 g/mol. The molecule has 0 heterocycles. The predicted octanol–water partition coefficient (Wildman–Crippen LogP) is 2.73. The first-order valence-electron chi connectivity index (χ1n) is 6.42. The maximum absolute atomic E-state index is 11.3. The fourth-order valence-electron chi connectivity index (χ4n) is 1.58. The summed E-state index contributed by atoms with van der Waals surface area (Å²) >= 11 is 5.50. The molecule has 0 fully saturated rings. The van der Waals surface area contributed by atoms with E-state index in [-0.39, 0.29) is 5.91 Å². The Morgan fingerprint density at radius 2 is 1.89 bits per heavy atom. The quantitative estimate of drug-likeness (QED) is 0.747. The molecule has 106 valence electrons. The average Bonchev–Trinajstić information content (AvgIpc) is 2.40. The average molecular weight is 286 g/mol. The molecule has 1 aromatic carbocycles. The summed E-state index contributed by atoms with van der Waals surface area (Å²) in [5, 5.41) is 2.80. The van der Waals surface area contributed by atoms with Gasteiger partial charge in [-0.3, -0.25) is 4.79 Å². The van der Waals surface area contributed by atoms with Gasteiger partial charge < -0.3 is 14.8 Å². The van der Waals surface area contributed by atoms with Crippen LogP contribution in [0.4, 0.5) is 0 Å². The van der Waals surface area contributed by atoms with E-state index in [0.717, 1.165) is 11.3 Å². The molecule has 0 aromatic heterocycles. The summed E-state index contributed by atoms with van der Waals surface area (Å²) in [6.45, 7) is 5.47. The van der Waals surface area contributed by atoms with Crippen LogP contribution >= 0.6 is 11.6 Å². The van der Waals surface area contributed by atoms with Crippen LogP contribution in [0.2, 0.25) is 0 Å². The molecule has 1 amide bonds. The summed E-state index contributed by atoms with van der Waals surface area (Å²) in [4.78, 5) is 11.3. The van der Waals surface area contributed by atoms with Gasteiger partial charge in [0.2, 0.25) is 5.91 Å². The molecule has 0 aliphatic rings. The Bertz CT molecular complexity index is 410. The van der Waals surface area contributed by atoms with E-state index in [1.165, 1.54) is 0 Å². The number of ether oxygens (including phenoxy) is 2. The molecule has 0 unspecified atom stereocenters. The third kappa shape index (κ3) is 5.39. The minimum Gasteiger partial charge on any atom is -0.490 e. The Hall–Kier alpha value is -1.42. The van der Waals surface area contributed by atoms with Crippen LogP contribution in [-0.4, -0.2) is 25.0 Å². The standard InChI is InChI=1S/C14H20ClNO3/c1-3-18-12-6-5-11(9-13(12)19-4-2)10-16-14(17)7-8-15/h5-6,9H,3-4,7-8,10H2,1-2H3,(H,16,17). The number of hydrogen-bond donors (Lipinski definition) is 1. The Kier molecular flexibility index (Phi) is 7.11. The van der Waals surface area contributed by atoms with Crippen LogP contribution in [0.3, 0.4) is 0 Å². The number of nitrogens with one attached hydrogen (secondary N) is 1. The number of carbonyl (C=O) groups excluding carboxylic acids is 1. The first-order chi connectivity index (χ1) is 9.21. The second kappa shape index (κ2) is 8.64. The van der Waals surface area contributed by atoms with Crippen molar-refractivity contribution >= 4 is 17.5 Å². The van der Waals surface area contributed by atoms with Gasteiger partial charge in [-0.25, -0.2) is 0 Å². The van der Waals surface area contributed by atoms with E-state index in [9.17, 15) is 4.79 Å². The summed E-state index contributed by atoms with van der Waals surface area (Å²) in [6.07, 6.45) is 0.330. The van der Waals surface area contributed by atoms with Crippen molar-refractivity contribution in [3.63, 3.8) is 0 Å². The first-order valence-corrected chi connectivity index (χ1v) is 6.95. The lowest BCUT2D eigenvalue weighted by Crippen LogP contribution is -2.22. The number of amides is 1. The predicted molar refractivity (Wildman–Crippen MR) is 76.0 cm³/mol. The van der Waals surface area contributed by atoms with Crippen molar-refractivity contribution in [2.75, 3.05) is 19.1 Å². The smallest absolute Gasteiger partial charge is 0.221 e. The van der Waals surface area contributed by atoms with E-state index in [1.54, 1.807) is 0 Å². The molecular formula is C14H20ClNO3. The number of carbonyl (C=O) groups is 1. The van der Waals surface area contributed by atoms with Gasteiger partial charge >= 0.3 is 0 Å². The summed E-state index contributed by atoms with van der Waals surface area (Å²) in [5.41, 5.74) is 0.967. The highest BCUT2D eigenvalue weighted by molar-refractivity contribution is 6.18. The molecule has 0 spiro atoms. The highest BCUT2D eigenvalue weighted by Gasteiger charge is 2.07. The van der Waals surface area contributed by atoms with Crippen molar-refractivity contribution in [3.05, 3.63) is 23.8 Å². The van der Waals surface area contributed by atoms with Gasteiger partial charge in [0.1, 0.15) is 0 Å². The van der Waals surface area contributed by atoms with Gasteiger partial charge in [-0.15, -0.1) is 11.6 Å². The molecule has 19 heavy (non-hydrogen) atoms. The molecule has 4 nitrogen and oxygen atoms in total. The maximum atomic E-state index is 11.3. The topological polar surface area (TPSA) is 47.6 Å². The van der Waals surface area contributed by atoms with Crippen molar-refractivity contribution in [1.29, 1.82) is 0 Å². The zero-order chi connectivity index (χ0) is 14.1. The van der Waals surface area contributed by atoms with E-state index < -0.39 is 0 Å². The molecule has 1 N–H and O–H groups in total. The number of alkyl halides is 1. The lowest BCUT2D eigenvalue weighted by atomic mass is 10.2. The molecule has 0 radical (unpaired) electrons. The van der Waals surface area contributed by atoms with E-state index in [2.05, 4.69) is 5.32 Å². The lowest BCUT2D eigenvalue weighted by Gasteiger charge is -2.12. The highest BCUT2D eigenvalue weighted by atomic mass is 35.5. The third-order valence-electron chi connectivity index (χ3n) is 2.42. The van der Waals surface area contributed by atoms with E-state index in [0.29, 0.717) is 37.8 Å². The fourth-order valence-corrected chi connectivity index (χ4v) is 1.75. The summed E-state index contributed by atoms with van der Waals surface area (Å²) < 4.78 is 11.0. The van der Waals surface area contributed by atoms with Crippen LogP contribution in [0, 0.1) is 0 Å². The molecule has 1 aromatic rings. The molecule has 0 atom stereocenters. The van der Waals surface area contributed by atoms with Crippen LogP contribution in [0.5, 0.6) is 11.5 Å². The summed E-state index contributed by atoms with van der Waals surface area (Å²) in [7, 11) is 0. The fraction of sp³-hybridized carbons (Fsp3) is 0.500. The van der Waals surface area contributed by atoms with Gasteiger partial charge in [-0.05, 0) is 31.5 Å². The van der Waals surface area contributed by atoms with Crippen LogP contribution in [0.1, 0.15) is 25.8 Å². The Morgan fingerprint density at radius 1 is 1.21 bits per heavy atom. The Balaban J connectivity index is 2.69. The van der Waals surface area contributed by atoms with Gasteiger partial charge in [0, 0.05) is 18.8 Å². The van der Waals surface area contributed by atoms with Gasteiger partial charge in [0.25, 0.3) is 0 Å². The molecule has 0 saturated heterocycles. The maximum Gasteiger partial charge on any atom is 0.221 e. The van der Waals surface area contributed by atoms with Crippen LogP contribution in [0.25, 0.3) is 0 Å². The molecule has 0 saturated carbocycles. The minimum atomic E-state index is -0.0538. The lowest BCUT2D eigenvalue weighted by molar-refractivity contribution is -0.120. The second-order valence-corrected chi connectivity index (χ2v) is 4.24. The molecule has 1 rings (SSSR count). The molecule has 0 bridgehead atoms. The van der Waals surface area contributed by atoms with E-state index in [4.69, 9.17) is 21.1 Å². The second-order valence-electron chi connectivity index (χ2n) is 3.86. The largest absolute Gasteiger partial charge is 0.490 e. The van der Waals surface area contributed by atoms with Gasteiger partial charge in [0.15, 0.2) is 11.5 Å². The van der Waals surface area contributed by atoms with Crippen molar-refractivity contribution in [2.24, 2.45) is 0 Å². The summed E-state index contributed by atoms with van der Waals surface area (Å²) in [6, 6.07) is 5.65. The normalized spacial score (nSPS) is 10.1. The molecule has 5 heteroatoms. The molecule has 0 aliphatic heterocycles. The minimum absolute atomic E-state index is 0.0538. The van der Waals surface area contributed by atoms with Gasteiger partial charge in [-0.1, -0.05) is 6.07 Å². The zero-order valence-electron chi connectivity index (χ0n) is 11.4. The highest BCUT2D eigenvalue weighted by Crippen LogP contribution is 2.28. The molecular weight excluding hydrogens is 266 g/mol. The number of rotatable bonds is 8. The van der Waals surface area contributed by atoms with Gasteiger partial charge in [0.05, 0.1) is 13.2 Å². The van der Waals surface area contributed by atoms with E-state index in [1.807, 2.05) is 32.0 Å². The molecule has 0 aliphatic carbocycles. The Labute approximate surface area is 119 Å². The van der Waals surface area contributed by atoms with E-state index >= 15 is 0 Å². The van der Waals surface area contributed by atoms with Crippen molar-refractivity contribution in [2.45, 2.75) is 26.8 Å². The number of halogens is 1. The van der Waals surface area contributed by atoms with Crippen LogP contribution < -0.4 is 14.8 Å². The zero-order valence-corrected chi connectivity index (χ0v) is 12.1. The number of benzene rings is 1. The van der Waals surface area contributed by atoms with Crippen LogP contribution in [-0.2, 0) is 11.3 Å². The van der Waals surface area contributed by atoms with Crippen molar-refractivity contribution in [3.8, 4) is 11.5 Å². The Morgan fingerprint density at radius 3 is 2.53 bits per heavy atom. The SMILES string of the molecule is CCOc1ccc(CNC(=O)CCCl)cc1OCC. The van der Waals surface area contributed by atoms with Crippen molar-refractivity contribution < 1.29 is 14.3 Å². The van der Waals surface area contributed by atoms with Gasteiger partial charge in [-0.2, -0.15) is 0 Å². The number of hydrogen-bond acceptors (Lipinski definition) is 3. The first kappa shape index (κ1) is 15.6. The van der Waals surface area contributed by atoms with Crippen LogP contribution in [0.15, 0.2) is 18.2 Å². The summed E-state index contributed by atoms with van der Waals surface area (Å²) in [5.74, 6) is 1.70.